The van der Waals surface area contributed by atoms with Gasteiger partial charge in [-0.15, -0.1) is 5.10 Å². The van der Waals surface area contributed by atoms with Gasteiger partial charge in [0, 0.05) is 5.56 Å². The number of rotatable bonds is 8. The third kappa shape index (κ3) is 6.26. The number of benzene rings is 3. The second kappa shape index (κ2) is 10.9. The lowest BCUT2D eigenvalue weighted by atomic mass is 10.00. The Labute approximate surface area is 204 Å². The van der Waals surface area contributed by atoms with Gasteiger partial charge in [0.1, 0.15) is 11.5 Å². The Kier molecular flexibility index (Phi) is 7.45. The minimum Gasteiger partial charge on any atom is -0.273 e. The van der Waals surface area contributed by atoms with Gasteiger partial charge in [0.25, 0.3) is 0 Å². The molecule has 4 aromatic rings. The molecule has 1 amide bonds. The highest BCUT2D eigenvalue weighted by Gasteiger charge is 2.18. The third-order valence-electron chi connectivity index (χ3n) is 5.84. The van der Waals surface area contributed by atoms with Gasteiger partial charge in [-0.3, -0.25) is 4.79 Å². The van der Waals surface area contributed by atoms with Crippen molar-refractivity contribution in [3.8, 4) is 0 Å². The van der Waals surface area contributed by atoms with Crippen LogP contribution in [0.1, 0.15) is 39.1 Å². The van der Waals surface area contributed by atoms with E-state index in [-0.39, 0.29) is 24.7 Å². The first-order chi connectivity index (χ1) is 16.9. The highest BCUT2D eigenvalue weighted by molar-refractivity contribution is 5.84. The van der Waals surface area contributed by atoms with E-state index in [9.17, 15) is 9.18 Å². The van der Waals surface area contributed by atoms with Crippen molar-refractivity contribution in [3.05, 3.63) is 118 Å². The van der Waals surface area contributed by atoms with Crippen LogP contribution in [-0.4, -0.2) is 32.1 Å². The Balaban J connectivity index is 1.57. The van der Waals surface area contributed by atoms with E-state index < -0.39 is 0 Å². The standard InChI is InChI=1S/C28H28FN5O/c1-20-12-13-24(27(29)14-20)16-30-34(28(35)15-26-21(2)8-7-9-22(26)3)19-25-18-33(32-31-25)17-23-10-5-4-6-11-23/h4-14,16,18H,15,17,19H2,1-3H3/b30-16+. The molecule has 0 N–H and O–H groups in total. The lowest BCUT2D eigenvalue weighted by Crippen LogP contribution is -2.28. The molecule has 0 aliphatic carbocycles. The first-order valence-electron chi connectivity index (χ1n) is 11.5. The highest BCUT2D eigenvalue weighted by atomic mass is 19.1. The number of hydrogen-bond donors (Lipinski definition) is 0. The summed E-state index contributed by atoms with van der Waals surface area (Å²) >= 11 is 0. The first kappa shape index (κ1) is 24.0. The molecule has 6 nitrogen and oxygen atoms in total. The van der Waals surface area contributed by atoms with Crippen LogP contribution in [0.3, 0.4) is 0 Å². The molecule has 0 unspecified atom stereocenters. The van der Waals surface area contributed by atoms with E-state index in [1.165, 1.54) is 17.3 Å². The van der Waals surface area contributed by atoms with E-state index >= 15 is 0 Å². The molecule has 4 rings (SSSR count). The zero-order valence-electron chi connectivity index (χ0n) is 20.1. The van der Waals surface area contributed by atoms with Crippen molar-refractivity contribution in [2.24, 2.45) is 5.10 Å². The van der Waals surface area contributed by atoms with Crippen LogP contribution >= 0.6 is 0 Å². The Morgan fingerprint density at radius 1 is 1.03 bits per heavy atom. The molecule has 0 atom stereocenters. The third-order valence-corrected chi connectivity index (χ3v) is 5.84. The first-order valence-corrected chi connectivity index (χ1v) is 11.5. The largest absolute Gasteiger partial charge is 0.273 e. The summed E-state index contributed by atoms with van der Waals surface area (Å²) in [6, 6.07) is 20.8. The number of halogens is 1. The molecule has 3 aromatic carbocycles. The van der Waals surface area contributed by atoms with Crippen LogP contribution < -0.4 is 0 Å². The molecule has 0 radical (unpaired) electrons. The number of aromatic nitrogens is 3. The minimum atomic E-state index is -0.385. The van der Waals surface area contributed by atoms with Gasteiger partial charge in [0.15, 0.2) is 0 Å². The van der Waals surface area contributed by atoms with Crippen molar-refractivity contribution in [2.75, 3.05) is 0 Å². The van der Waals surface area contributed by atoms with Gasteiger partial charge in [0.05, 0.1) is 31.9 Å². The van der Waals surface area contributed by atoms with Gasteiger partial charge >= 0.3 is 0 Å². The molecule has 7 heteroatoms. The van der Waals surface area contributed by atoms with E-state index in [1.54, 1.807) is 16.9 Å². The van der Waals surface area contributed by atoms with E-state index in [1.807, 2.05) is 75.4 Å². The van der Waals surface area contributed by atoms with Gasteiger partial charge in [0.2, 0.25) is 5.91 Å². The van der Waals surface area contributed by atoms with Crippen LogP contribution in [0, 0.1) is 26.6 Å². The van der Waals surface area contributed by atoms with Crippen LogP contribution in [0.5, 0.6) is 0 Å². The lowest BCUT2D eigenvalue weighted by Gasteiger charge is -2.17. The number of amides is 1. The van der Waals surface area contributed by atoms with Crippen LogP contribution in [-0.2, 0) is 24.3 Å². The fourth-order valence-corrected chi connectivity index (χ4v) is 3.84. The zero-order chi connectivity index (χ0) is 24.8. The van der Waals surface area contributed by atoms with Gasteiger partial charge < -0.3 is 0 Å². The van der Waals surface area contributed by atoms with Gasteiger partial charge in [-0.25, -0.2) is 14.1 Å². The van der Waals surface area contributed by atoms with Crippen LogP contribution in [0.15, 0.2) is 78.0 Å². The lowest BCUT2D eigenvalue weighted by molar-refractivity contribution is -0.131. The molecular formula is C28H28FN5O. The highest BCUT2D eigenvalue weighted by Crippen LogP contribution is 2.16. The number of nitrogens with zero attached hydrogens (tertiary/aromatic N) is 5. The van der Waals surface area contributed by atoms with E-state index in [0.29, 0.717) is 17.8 Å². The molecule has 0 bridgehead atoms. The SMILES string of the molecule is Cc1ccc(/C=N/N(Cc2cn(Cc3ccccc3)nn2)C(=O)Cc2c(C)cccc2C)c(F)c1. The summed E-state index contributed by atoms with van der Waals surface area (Å²) in [6.45, 7) is 6.49. The maximum absolute atomic E-state index is 14.4. The molecule has 35 heavy (non-hydrogen) atoms. The van der Waals surface area contributed by atoms with Crippen molar-refractivity contribution in [2.45, 2.75) is 40.3 Å². The predicted molar refractivity (Wildman–Crippen MR) is 134 cm³/mol. The summed E-state index contributed by atoms with van der Waals surface area (Å²) in [7, 11) is 0. The van der Waals surface area contributed by atoms with Crippen LogP contribution in [0.25, 0.3) is 0 Å². The Morgan fingerprint density at radius 2 is 1.77 bits per heavy atom. The molecule has 1 aromatic heterocycles. The molecule has 0 aliphatic rings. The maximum Gasteiger partial charge on any atom is 0.247 e. The Bertz CT molecular complexity index is 1330. The quantitative estimate of drug-likeness (QED) is 0.270. The maximum atomic E-state index is 14.4. The summed E-state index contributed by atoms with van der Waals surface area (Å²) in [4.78, 5) is 13.3. The van der Waals surface area contributed by atoms with E-state index in [4.69, 9.17) is 0 Å². The minimum absolute atomic E-state index is 0.128. The number of carbonyl (C=O) groups excluding carboxylic acids is 1. The monoisotopic (exact) mass is 469 g/mol. The second-order valence-electron chi connectivity index (χ2n) is 8.66. The van der Waals surface area contributed by atoms with Crippen molar-refractivity contribution < 1.29 is 9.18 Å². The van der Waals surface area contributed by atoms with Gasteiger partial charge in [-0.1, -0.05) is 65.9 Å². The summed E-state index contributed by atoms with van der Waals surface area (Å²) < 4.78 is 16.1. The average Bonchev–Trinajstić information content (AvgIpc) is 3.27. The van der Waals surface area contributed by atoms with Crippen molar-refractivity contribution in [1.82, 2.24) is 20.0 Å². The topological polar surface area (TPSA) is 63.4 Å². The van der Waals surface area contributed by atoms with Crippen molar-refractivity contribution >= 4 is 12.1 Å². The van der Waals surface area contributed by atoms with Crippen LogP contribution in [0.2, 0.25) is 0 Å². The fourth-order valence-electron chi connectivity index (χ4n) is 3.84. The summed E-state index contributed by atoms with van der Waals surface area (Å²) in [6.07, 6.45) is 3.37. The van der Waals surface area contributed by atoms with Crippen LogP contribution in [0.4, 0.5) is 4.39 Å². The number of carbonyl (C=O) groups is 1. The Hall–Kier alpha value is -4.13. The molecule has 0 spiro atoms. The molecular weight excluding hydrogens is 441 g/mol. The fraction of sp³-hybridized carbons (Fsp3) is 0.214. The normalized spacial score (nSPS) is 11.2. The molecule has 178 valence electrons. The molecule has 1 heterocycles. The van der Waals surface area contributed by atoms with Gasteiger partial charge in [-0.2, -0.15) is 5.10 Å². The second-order valence-corrected chi connectivity index (χ2v) is 8.66. The molecule has 0 fully saturated rings. The average molecular weight is 470 g/mol. The number of hydrogen-bond acceptors (Lipinski definition) is 4. The predicted octanol–water partition coefficient (Wildman–Crippen LogP) is 5.00. The van der Waals surface area contributed by atoms with Crippen molar-refractivity contribution in [3.63, 3.8) is 0 Å². The smallest absolute Gasteiger partial charge is 0.247 e. The summed E-state index contributed by atoms with van der Waals surface area (Å²) in [5.41, 5.74) is 5.87. The van der Waals surface area contributed by atoms with E-state index in [2.05, 4.69) is 15.4 Å². The van der Waals surface area contributed by atoms with E-state index in [0.717, 1.165) is 27.8 Å². The van der Waals surface area contributed by atoms with Crippen molar-refractivity contribution in [1.29, 1.82) is 0 Å². The van der Waals surface area contributed by atoms with Gasteiger partial charge in [-0.05, 0) is 54.7 Å². The number of hydrazone groups is 1. The zero-order valence-corrected chi connectivity index (χ0v) is 20.1. The summed E-state index contributed by atoms with van der Waals surface area (Å²) in [5.74, 6) is -0.589. The molecule has 0 saturated carbocycles. The Morgan fingerprint density at radius 3 is 2.49 bits per heavy atom. The molecule has 0 aliphatic heterocycles. The molecule has 0 saturated heterocycles. The summed E-state index contributed by atoms with van der Waals surface area (Å²) in [5, 5.41) is 14.1. The number of aryl methyl sites for hydroxylation is 3.